The molecule has 2 fully saturated rings. The lowest BCUT2D eigenvalue weighted by molar-refractivity contribution is -0.145. The lowest BCUT2D eigenvalue weighted by atomic mass is 10.1. The average molecular weight is 269 g/mol. The molecular formula is C13H23N3O3. The van der Waals surface area contributed by atoms with Crippen molar-refractivity contribution >= 4 is 11.8 Å². The Bertz CT molecular complexity index is 342. The number of rotatable bonds is 7. The number of amides is 2. The van der Waals surface area contributed by atoms with E-state index in [0.717, 1.165) is 19.4 Å². The number of nitrogens with one attached hydrogen (secondary N) is 1. The summed E-state index contributed by atoms with van der Waals surface area (Å²) >= 11 is 0. The zero-order chi connectivity index (χ0) is 13.8. The quantitative estimate of drug-likeness (QED) is 0.621. The van der Waals surface area contributed by atoms with Crippen molar-refractivity contribution < 1.29 is 14.3 Å². The summed E-state index contributed by atoms with van der Waals surface area (Å²) in [5.41, 5.74) is 0. The lowest BCUT2D eigenvalue weighted by Gasteiger charge is -2.32. The Balaban J connectivity index is 1.72. The van der Waals surface area contributed by atoms with Crippen LogP contribution in [-0.4, -0.2) is 74.6 Å². The van der Waals surface area contributed by atoms with E-state index in [2.05, 4.69) is 5.32 Å². The minimum Gasteiger partial charge on any atom is -0.378 e. The molecule has 0 aromatic rings. The van der Waals surface area contributed by atoms with E-state index in [4.69, 9.17) is 4.74 Å². The monoisotopic (exact) mass is 269 g/mol. The molecule has 0 radical (unpaired) electrons. The molecule has 1 saturated carbocycles. The van der Waals surface area contributed by atoms with Gasteiger partial charge < -0.3 is 19.9 Å². The van der Waals surface area contributed by atoms with Crippen molar-refractivity contribution in [1.29, 1.82) is 0 Å². The number of ether oxygens (including phenoxy) is 1. The lowest BCUT2D eigenvalue weighted by Crippen LogP contribution is -2.59. The second-order valence-corrected chi connectivity index (χ2v) is 5.56. The van der Waals surface area contributed by atoms with Gasteiger partial charge in [-0.1, -0.05) is 0 Å². The first-order valence-corrected chi connectivity index (χ1v) is 6.88. The van der Waals surface area contributed by atoms with Gasteiger partial charge in [0.15, 0.2) is 0 Å². The van der Waals surface area contributed by atoms with Gasteiger partial charge >= 0.3 is 0 Å². The van der Waals surface area contributed by atoms with Gasteiger partial charge in [-0.25, -0.2) is 0 Å². The van der Waals surface area contributed by atoms with E-state index in [1.165, 1.54) is 0 Å². The highest BCUT2D eigenvalue weighted by Gasteiger charge is 2.42. The molecule has 0 spiro atoms. The van der Waals surface area contributed by atoms with E-state index < -0.39 is 0 Å². The molecule has 1 atom stereocenters. The molecule has 1 aliphatic heterocycles. The largest absolute Gasteiger partial charge is 0.378 e. The van der Waals surface area contributed by atoms with Crippen molar-refractivity contribution in [3.63, 3.8) is 0 Å². The normalized spacial score (nSPS) is 23.9. The van der Waals surface area contributed by atoms with Gasteiger partial charge in [-0.15, -0.1) is 0 Å². The minimum atomic E-state index is -0.289. The Labute approximate surface area is 114 Å². The molecule has 2 aliphatic rings. The number of hydrogen-bond donors (Lipinski definition) is 1. The van der Waals surface area contributed by atoms with Gasteiger partial charge in [0.05, 0.1) is 19.8 Å². The van der Waals surface area contributed by atoms with Gasteiger partial charge in [0.25, 0.3) is 0 Å². The summed E-state index contributed by atoms with van der Waals surface area (Å²) in [4.78, 5) is 27.4. The number of carbonyl (C=O) groups excluding carboxylic acids is 2. The predicted molar refractivity (Wildman–Crippen MR) is 70.6 cm³/mol. The molecule has 19 heavy (non-hydrogen) atoms. The second kappa shape index (κ2) is 6.34. The Morgan fingerprint density at radius 2 is 2.05 bits per heavy atom. The highest BCUT2D eigenvalue weighted by Crippen LogP contribution is 2.34. The fourth-order valence-electron chi connectivity index (χ4n) is 2.19. The number of carbonyl (C=O) groups is 2. The number of hydrogen-bond acceptors (Lipinski definition) is 4. The third-order valence-electron chi connectivity index (χ3n) is 3.51. The van der Waals surface area contributed by atoms with Crippen LogP contribution in [0.1, 0.15) is 12.8 Å². The van der Waals surface area contributed by atoms with Crippen LogP contribution in [0.5, 0.6) is 0 Å². The first kappa shape index (κ1) is 14.3. The Hall–Kier alpha value is -1.14. The maximum atomic E-state index is 12.2. The third-order valence-corrected chi connectivity index (χ3v) is 3.51. The number of piperazine rings is 1. The second-order valence-electron chi connectivity index (χ2n) is 5.56. The Morgan fingerprint density at radius 3 is 2.68 bits per heavy atom. The zero-order valence-electron chi connectivity index (χ0n) is 11.7. The molecule has 6 heteroatoms. The summed E-state index contributed by atoms with van der Waals surface area (Å²) in [7, 11) is 3.98. The van der Waals surface area contributed by atoms with Crippen LogP contribution < -0.4 is 5.32 Å². The van der Waals surface area contributed by atoms with Crippen LogP contribution in [0.15, 0.2) is 0 Å². The van der Waals surface area contributed by atoms with Crippen molar-refractivity contribution in [2.24, 2.45) is 5.92 Å². The molecule has 108 valence electrons. The fourth-order valence-corrected chi connectivity index (χ4v) is 2.19. The van der Waals surface area contributed by atoms with Crippen molar-refractivity contribution in [1.82, 2.24) is 15.1 Å². The predicted octanol–water partition coefficient (Wildman–Crippen LogP) is -0.698. The summed E-state index contributed by atoms with van der Waals surface area (Å²) < 4.78 is 5.47. The van der Waals surface area contributed by atoms with E-state index in [1.807, 2.05) is 19.0 Å². The minimum absolute atomic E-state index is 0.0511. The van der Waals surface area contributed by atoms with Crippen LogP contribution in [-0.2, 0) is 14.3 Å². The van der Waals surface area contributed by atoms with Crippen molar-refractivity contribution in [2.75, 3.05) is 46.9 Å². The highest BCUT2D eigenvalue weighted by atomic mass is 16.5. The van der Waals surface area contributed by atoms with E-state index >= 15 is 0 Å². The maximum absolute atomic E-state index is 12.2. The van der Waals surface area contributed by atoms with Crippen LogP contribution in [0.4, 0.5) is 0 Å². The van der Waals surface area contributed by atoms with Gasteiger partial charge in [0, 0.05) is 13.1 Å². The van der Waals surface area contributed by atoms with Crippen LogP contribution >= 0.6 is 0 Å². The summed E-state index contributed by atoms with van der Waals surface area (Å²) in [6.07, 6.45) is 2.09. The van der Waals surface area contributed by atoms with Crippen molar-refractivity contribution in [2.45, 2.75) is 18.9 Å². The summed E-state index contributed by atoms with van der Waals surface area (Å²) in [6.45, 7) is 2.67. The fraction of sp³-hybridized carbons (Fsp3) is 0.846. The smallest absolute Gasteiger partial charge is 0.245 e. The molecule has 1 unspecified atom stereocenters. The molecule has 1 heterocycles. The van der Waals surface area contributed by atoms with E-state index in [0.29, 0.717) is 25.7 Å². The standard InChI is InChI=1S/C13H23N3O3/c1-15(2)5-7-19-8-6-16-9-11(17)14-12(13(16)18)10-3-4-10/h10,12H,3-9H2,1-2H3,(H,14,17). The first-order chi connectivity index (χ1) is 9.08. The number of likely N-dealkylation sites (N-methyl/N-ethyl adjacent to an activating group) is 1. The van der Waals surface area contributed by atoms with Crippen LogP contribution in [0.3, 0.4) is 0 Å². The van der Waals surface area contributed by atoms with Gasteiger partial charge in [0.1, 0.15) is 6.04 Å². The molecule has 0 bridgehead atoms. The molecule has 2 amide bonds. The van der Waals surface area contributed by atoms with Gasteiger partial charge in [0.2, 0.25) is 11.8 Å². The van der Waals surface area contributed by atoms with Crippen LogP contribution in [0, 0.1) is 5.92 Å². The highest BCUT2D eigenvalue weighted by molar-refractivity contribution is 5.95. The topological polar surface area (TPSA) is 61.9 Å². The Morgan fingerprint density at radius 1 is 1.32 bits per heavy atom. The molecule has 2 rings (SSSR count). The van der Waals surface area contributed by atoms with E-state index in [9.17, 15) is 9.59 Å². The molecule has 0 aromatic carbocycles. The molecule has 6 nitrogen and oxygen atoms in total. The van der Waals surface area contributed by atoms with E-state index in [-0.39, 0.29) is 24.4 Å². The first-order valence-electron chi connectivity index (χ1n) is 6.88. The Kier molecular flexibility index (Phi) is 4.76. The third kappa shape index (κ3) is 4.18. The SMILES string of the molecule is CN(C)CCOCCN1CC(=O)NC(C2CC2)C1=O. The van der Waals surface area contributed by atoms with Crippen LogP contribution in [0.2, 0.25) is 0 Å². The molecule has 0 aromatic heterocycles. The van der Waals surface area contributed by atoms with Crippen molar-refractivity contribution in [3.05, 3.63) is 0 Å². The summed E-state index contributed by atoms with van der Waals surface area (Å²) in [5.74, 6) is 0.358. The van der Waals surface area contributed by atoms with Gasteiger partial charge in [-0.05, 0) is 32.9 Å². The molecule has 1 aliphatic carbocycles. The molecule has 1 N–H and O–H groups in total. The van der Waals surface area contributed by atoms with E-state index in [1.54, 1.807) is 4.90 Å². The van der Waals surface area contributed by atoms with Gasteiger partial charge in [-0.3, -0.25) is 9.59 Å². The maximum Gasteiger partial charge on any atom is 0.245 e. The van der Waals surface area contributed by atoms with Crippen molar-refractivity contribution in [3.8, 4) is 0 Å². The zero-order valence-corrected chi connectivity index (χ0v) is 11.7. The average Bonchev–Trinajstić information content (AvgIpc) is 3.16. The molecular weight excluding hydrogens is 246 g/mol. The number of nitrogens with zero attached hydrogens (tertiary/aromatic N) is 2. The van der Waals surface area contributed by atoms with Crippen LogP contribution in [0.25, 0.3) is 0 Å². The van der Waals surface area contributed by atoms with Gasteiger partial charge in [-0.2, -0.15) is 0 Å². The summed E-state index contributed by atoms with van der Waals surface area (Å²) in [5, 5.41) is 2.80. The summed E-state index contributed by atoms with van der Waals surface area (Å²) in [6, 6.07) is -0.289. The molecule has 1 saturated heterocycles.